The number of rotatable bonds is 9. The fraction of sp³-hybridized carbons (Fsp3) is 0.429. The van der Waals surface area contributed by atoms with Crippen molar-refractivity contribution in [2.45, 2.75) is 27.2 Å². The van der Waals surface area contributed by atoms with E-state index in [1.54, 1.807) is 13.8 Å². The molecule has 0 saturated carbocycles. The van der Waals surface area contributed by atoms with Crippen LogP contribution in [0.4, 0.5) is 0 Å². The lowest BCUT2D eigenvalue weighted by molar-refractivity contribution is -0.125. The molecule has 0 fully saturated rings. The molecule has 0 bridgehead atoms. The van der Waals surface area contributed by atoms with E-state index in [1.807, 2.05) is 25.1 Å². The third-order valence-electron chi connectivity index (χ3n) is 4.25. The lowest BCUT2D eigenvalue weighted by Gasteiger charge is -2.19. The second-order valence-electron chi connectivity index (χ2n) is 7.08. The number of guanidine groups is 1. The highest BCUT2D eigenvalue weighted by atomic mass is 16.5. The van der Waals surface area contributed by atoms with Crippen LogP contribution in [-0.2, 0) is 4.79 Å². The van der Waals surface area contributed by atoms with Gasteiger partial charge in [-0.15, -0.1) is 0 Å². The molecule has 146 valence electrons. The Morgan fingerprint density at radius 1 is 1.15 bits per heavy atom. The fourth-order valence-electron chi connectivity index (χ4n) is 2.42. The molecule has 0 spiro atoms. The summed E-state index contributed by atoms with van der Waals surface area (Å²) in [6, 6.07) is 14.3. The highest BCUT2D eigenvalue weighted by Gasteiger charge is 2.24. The van der Waals surface area contributed by atoms with Gasteiger partial charge in [-0.2, -0.15) is 0 Å². The SMILES string of the molecule is CCNC(=NCC(C)(C)C(N)=O)NCCCOc1ccc2ccccc2c1. The van der Waals surface area contributed by atoms with Crippen LogP contribution >= 0.6 is 0 Å². The minimum atomic E-state index is -0.665. The van der Waals surface area contributed by atoms with Gasteiger partial charge in [0.05, 0.1) is 18.6 Å². The maximum Gasteiger partial charge on any atom is 0.224 e. The second kappa shape index (κ2) is 9.80. The molecule has 0 unspecified atom stereocenters. The minimum Gasteiger partial charge on any atom is -0.494 e. The van der Waals surface area contributed by atoms with Crippen LogP contribution < -0.4 is 21.1 Å². The van der Waals surface area contributed by atoms with Crippen molar-refractivity contribution in [1.29, 1.82) is 0 Å². The first kappa shape index (κ1) is 20.6. The number of nitrogens with two attached hydrogens (primary N) is 1. The molecular formula is C21H30N4O2. The van der Waals surface area contributed by atoms with Crippen molar-refractivity contribution in [3.05, 3.63) is 42.5 Å². The van der Waals surface area contributed by atoms with E-state index in [9.17, 15) is 4.79 Å². The van der Waals surface area contributed by atoms with Crippen LogP contribution in [0.3, 0.4) is 0 Å². The van der Waals surface area contributed by atoms with Gasteiger partial charge in [0.25, 0.3) is 0 Å². The van der Waals surface area contributed by atoms with Crippen LogP contribution in [0.5, 0.6) is 5.75 Å². The maximum absolute atomic E-state index is 11.4. The van der Waals surface area contributed by atoms with Crippen molar-refractivity contribution in [3.8, 4) is 5.75 Å². The van der Waals surface area contributed by atoms with Crippen LogP contribution in [0, 0.1) is 5.41 Å². The van der Waals surface area contributed by atoms with Crippen LogP contribution in [0.15, 0.2) is 47.5 Å². The van der Waals surface area contributed by atoms with E-state index in [1.165, 1.54) is 10.8 Å². The number of carbonyl (C=O) groups is 1. The largest absolute Gasteiger partial charge is 0.494 e. The van der Waals surface area contributed by atoms with Gasteiger partial charge in [0, 0.05) is 13.1 Å². The predicted octanol–water partition coefficient (Wildman–Crippen LogP) is 2.68. The van der Waals surface area contributed by atoms with Crippen molar-refractivity contribution in [3.63, 3.8) is 0 Å². The summed E-state index contributed by atoms with van der Waals surface area (Å²) in [5.74, 6) is 1.20. The van der Waals surface area contributed by atoms with Crippen LogP contribution in [-0.4, -0.2) is 38.1 Å². The number of hydrogen-bond donors (Lipinski definition) is 3. The van der Waals surface area contributed by atoms with Gasteiger partial charge >= 0.3 is 0 Å². The zero-order chi connectivity index (χ0) is 19.7. The Morgan fingerprint density at radius 2 is 1.89 bits per heavy atom. The Bertz CT molecular complexity index is 787. The Balaban J connectivity index is 1.78. The average molecular weight is 370 g/mol. The molecule has 2 aromatic rings. The number of amides is 1. The normalized spacial score (nSPS) is 12.0. The van der Waals surface area contributed by atoms with E-state index >= 15 is 0 Å². The Morgan fingerprint density at radius 3 is 2.59 bits per heavy atom. The minimum absolute atomic E-state index is 0.339. The quantitative estimate of drug-likeness (QED) is 0.360. The third-order valence-corrected chi connectivity index (χ3v) is 4.25. The van der Waals surface area contributed by atoms with E-state index in [0.717, 1.165) is 25.3 Å². The maximum atomic E-state index is 11.4. The van der Waals surface area contributed by atoms with Crippen LogP contribution in [0.2, 0.25) is 0 Å². The predicted molar refractivity (Wildman–Crippen MR) is 111 cm³/mol. The van der Waals surface area contributed by atoms with Gasteiger partial charge in [-0.05, 0) is 50.1 Å². The molecule has 0 atom stereocenters. The summed E-state index contributed by atoms with van der Waals surface area (Å²) in [5, 5.41) is 8.80. The van der Waals surface area contributed by atoms with E-state index in [4.69, 9.17) is 10.5 Å². The molecule has 1 amide bonds. The number of primary amides is 1. The smallest absolute Gasteiger partial charge is 0.224 e. The van der Waals surface area contributed by atoms with Crippen LogP contribution in [0.1, 0.15) is 27.2 Å². The monoisotopic (exact) mass is 370 g/mol. The Labute approximate surface area is 161 Å². The number of carbonyl (C=O) groups excluding carboxylic acids is 1. The van der Waals surface area contributed by atoms with Gasteiger partial charge in [0.1, 0.15) is 5.75 Å². The number of nitrogens with zero attached hydrogens (tertiary/aromatic N) is 1. The third kappa shape index (κ3) is 6.47. The highest BCUT2D eigenvalue weighted by molar-refractivity contribution is 5.84. The van der Waals surface area contributed by atoms with E-state index in [0.29, 0.717) is 19.1 Å². The summed E-state index contributed by atoms with van der Waals surface area (Å²) in [5.41, 5.74) is 4.73. The molecule has 0 aliphatic rings. The first-order valence-electron chi connectivity index (χ1n) is 9.36. The van der Waals surface area contributed by atoms with Gasteiger partial charge in [-0.1, -0.05) is 30.3 Å². The molecule has 2 aromatic carbocycles. The second-order valence-corrected chi connectivity index (χ2v) is 7.08. The summed E-state index contributed by atoms with van der Waals surface area (Å²) in [4.78, 5) is 15.9. The van der Waals surface area contributed by atoms with E-state index in [-0.39, 0.29) is 5.91 Å². The van der Waals surface area contributed by atoms with Crippen molar-refractivity contribution in [2.75, 3.05) is 26.2 Å². The van der Waals surface area contributed by atoms with Gasteiger partial charge in [0.2, 0.25) is 5.91 Å². The van der Waals surface area contributed by atoms with E-state index < -0.39 is 5.41 Å². The topological polar surface area (TPSA) is 88.7 Å². The van der Waals surface area contributed by atoms with E-state index in [2.05, 4.69) is 39.9 Å². The lowest BCUT2D eigenvalue weighted by atomic mass is 9.93. The van der Waals surface area contributed by atoms with Crippen molar-refractivity contribution in [2.24, 2.45) is 16.1 Å². The Hall–Kier alpha value is -2.76. The molecule has 27 heavy (non-hydrogen) atoms. The zero-order valence-corrected chi connectivity index (χ0v) is 16.4. The molecule has 0 heterocycles. The summed E-state index contributed by atoms with van der Waals surface area (Å²) in [7, 11) is 0. The molecule has 0 aliphatic heterocycles. The molecule has 4 N–H and O–H groups in total. The first-order valence-corrected chi connectivity index (χ1v) is 9.36. The van der Waals surface area contributed by atoms with Crippen LogP contribution in [0.25, 0.3) is 10.8 Å². The summed E-state index contributed by atoms with van der Waals surface area (Å²) < 4.78 is 5.84. The van der Waals surface area contributed by atoms with Crippen molar-refractivity contribution < 1.29 is 9.53 Å². The number of ether oxygens (including phenoxy) is 1. The van der Waals surface area contributed by atoms with Gasteiger partial charge in [-0.3, -0.25) is 9.79 Å². The number of fused-ring (bicyclic) bond motifs is 1. The number of hydrogen-bond acceptors (Lipinski definition) is 3. The van der Waals surface area contributed by atoms with Gasteiger partial charge < -0.3 is 21.1 Å². The summed E-state index contributed by atoms with van der Waals surface area (Å²) in [6.07, 6.45) is 0.830. The molecule has 2 rings (SSSR count). The zero-order valence-electron chi connectivity index (χ0n) is 16.4. The lowest BCUT2D eigenvalue weighted by Crippen LogP contribution is -2.40. The average Bonchev–Trinajstić information content (AvgIpc) is 2.65. The molecule has 0 saturated heterocycles. The molecular weight excluding hydrogens is 340 g/mol. The van der Waals surface area contributed by atoms with Gasteiger partial charge in [-0.25, -0.2) is 0 Å². The molecule has 0 radical (unpaired) electrons. The number of nitrogens with one attached hydrogen (secondary N) is 2. The molecule has 6 nitrogen and oxygen atoms in total. The van der Waals surface area contributed by atoms with Crippen molar-refractivity contribution >= 4 is 22.6 Å². The highest BCUT2D eigenvalue weighted by Crippen LogP contribution is 2.20. The van der Waals surface area contributed by atoms with Crippen molar-refractivity contribution in [1.82, 2.24) is 10.6 Å². The fourth-order valence-corrected chi connectivity index (χ4v) is 2.42. The van der Waals surface area contributed by atoms with Gasteiger partial charge in [0.15, 0.2) is 5.96 Å². The summed E-state index contributed by atoms with van der Waals surface area (Å²) >= 11 is 0. The number of aliphatic imine (C=N–C) groups is 1. The molecule has 0 aromatic heterocycles. The molecule has 6 heteroatoms. The molecule has 0 aliphatic carbocycles. The standard InChI is InChI=1S/C21H30N4O2/c1-4-23-20(25-15-21(2,3)19(22)26)24-12-7-13-27-18-11-10-16-8-5-6-9-17(16)14-18/h5-6,8-11,14H,4,7,12-13,15H2,1-3H3,(H2,22,26)(H2,23,24,25). The first-order chi connectivity index (χ1) is 12.9. The number of benzene rings is 2. The Kier molecular flexibility index (Phi) is 7.46. The summed E-state index contributed by atoms with van der Waals surface area (Å²) in [6.45, 7) is 7.99.